The van der Waals surface area contributed by atoms with E-state index in [4.69, 9.17) is 23.2 Å². The van der Waals surface area contributed by atoms with Crippen LogP contribution in [0.2, 0.25) is 10.0 Å². The molecule has 2 amide bonds. The highest BCUT2D eigenvalue weighted by Crippen LogP contribution is 2.22. The predicted octanol–water partition coefficient (Wildman–Crippen LogP) is 5.85. The van der Waals surface area contributed by atoms with Gasteiger partial charge < -0.3 is 10.2 Å². The van der Waals surface area contributed by atoms with E-state index in [1.54, 1.807) is 42.5 Å². The third kappa shape index (κ3) is 9.62. The molecule has 0 bridgehead atoms. The zero-order chi connectivity index (χ0) is 31.7. The topological polar surface area (TPSA) is 86.8 Å². The Kier molecular flexibility index (Phi) is 11.5. The summed E-state index contributed by atoms with van der Waals surface area (Å²) in [6.45, 7) is -0.520. The maximum atomic E-state index is 14.1. The first kappa shape index (κ1) is 33.1. The van der Waals surface area contributed by atoms with Gasteiger partial charge in [-0.15, -0.1) is 0 Å². The highest BCUT2D eigenvalue weighted by atomic mass is 35.5. The molecule has 0 aliphatic rings. The zero-order valence-electron chi connectivity index (χ0n) is 24.0. The van der Waals surface area contributed by atoms with E-state index in [0.717, 1.165) is 16.1 Å². The predicted molar refractivity (Wildman–Crippen MR) is 171 cm³/mol. The highest BCUT2D eigenvalue weighted by molar-refractivity contribution is 7.88. The van der Waals surface area contributed by atoms with Gasteiger partial charge in [0.15, 0.2) is 0 Å². The third-order valence-corrected chi connectivity index (χ3v) is 8.77. The summed E-state index contributed by atoms with van der Waals surface area (Å²) < 4.78 is 40.4. The van der Waals surface area contributed by atoms with Gasteiger partial charge in [0, 0.05) is 36.1 Å². The van der Waals surface area contributed by atoms with Gasteiger partial charge >= 0.3 is 0 Å². The SMILES string of the molecule is CS(=O)(=O)N(CC(=O)N(Cc1ccc(F)cc1)C(Cc1ccccc1)C(=O)NCc1ccc(Cl)cc1Cl)Cc1ccccc1. The van der Waals surface area contributed by atoms with Crippen molar-refractivity contribution in [2.75, 3.05) is 12.8 Å². The summed E-state index contributed by atoms with van der Waals surface area (Å²) in [6, 6.07) is 27.6. The number of benzene rings is 4. The van der Waals surface area contributed by atoms with Gasteiger partial charge in [-0.3, -0.25) is 9.59 Å². The molecule has 4 aromatic carbocycles. The van der Waals surface area contributed by atoms with Crippen molar-refractivity contribution < 1.29 is 22.4 Å². The summed E-state index contributed by atoms with van der Waals surface area (Å²) in [7, 11) is -3.82. The average Bonchev–Trinajstić information content (AvgIpc) is 2.99. The number of amides is 2. The van der Waals surface area contributed by atoms with Crippen molar-refractivity contribution in [1.29, 1.82) is 0 Å². The second-order valence-electron chi connectivity index (χ2n) is 10.3. The number of nitrogens with zero attached hydrogens (tertiary/aromatic N) is 2. The van der Waals surface area contributed by atoms with Crippen LogP contribution in [0.1, 0.15) is 22.3 Å². The molecule has 11 heteroatoms. The van der Waals surface area contributed by atoms with E-state index in [0.29, 0.717) is 26.7 Å². The molecule has 0 fully saturated rings. The molecule has 1 N–H and O–H groups in total. The molecule has 1 atom stereocenters. The summed E-state index contributed by atoms with van der Waals surface area (Å²) in [5.41, 5.74) is 2.69. The molecule has 0 heterocycles. The van der Waals surface area contributed by atoms with Gasteiger partial charge in [-0.05, 0) is 46.5 Å². The Labute approximate surface area is 267 Å². The van der Waals surface area contributed by atoms with E-state index < -0.39 is 40.2 Å². The molecule has 0 aliphatic carbocycles. The van der Waals surface area contributed by atoms with Crippen LogP contribution in [0.5, 0.6) is 0 Å². The zero-order valence-corrected chi connectivity index (χ0v) is 26.3. The minimum atomic E-state index is -3.82. The Morgan fingerprint density at radius 1 is 0.818 bits per heavy atom. The first-order valence-corrected chi connectivity index (χ1v) is 16.4. The summed E-state index contributed by atoms with van der Waals surface area (Å²) in [4.78, 5) is 29.3. The maximum Gasteiger partial charge on any atom is 0.243 e. The number of carbonyl (C=O) groups is 2. The van der Waals surface area contributed by atoms with Crippen LogP contribution in [0.15, 0.2) is 103 Å². The van der Waals surface area contributed by atoms with Gasteiger partial charge in [0.05, 0.1) is 12.8 Å². The lowest BCUT2D eigenvalue weighted by molar-refractivity contribution is -0.141. The molecule has 4 rings (SSSR count). The molecule has 230 valence electrons. The molecule has 7 nitrogen and oxygen atoms in total. The Balaban J connectivity index is 1.68. The molecule has 4 aromatic rings. The van der Waals surface area contributed by atoms with Gasteiger partial charge in [-0.1, -0.05) is 102 Å². The second-order valence-corrected chi connectivity index (χ2v) is 13.1. The molecule has 0 saturated carbocycles. The van der Waals surface area contributed by atoms with Gasteiger partial charge in [-0.2, -0.15) is 4.31 Å². The van der Waals surface area contributed by atoms with E-state index in [9.17, 15) is 22.4 Å². The molecule has 44 heavy (non-hydrogen) atoms. The van der Waals surface area contributed by atoms with Gasteiger partial charge in [0.2, 0.25) is 21.8 Å². The van der Waals surface area contributed by atoms with Crippen LogP contribution in [0, 0.1) is 5.82 Å². The molecule has 1 unspecified atom stereocenters. The van der Waals surface area contributed by atoms with Crippen LogP contribution in [-0.2, 0) is 45.7 Å². The lowest BCUT2D eigenvalue weighted by atomic mass is 10.0. The Bertz CT molecular complexity index is 1670. The van der Waals surface area contributed by atoms with E-state index in [2.05, 4.69) is 5.32 Å². The van der Waals surface area contributed by atoms with Crippen molar-refractivity contribution in [3.05, 3.63) is 141 Å². The quantitative estimate of drug-likeness (QED) is 0.196. The van der Waals surface area contributed by atoms with Crippen molar-refractivity contribution in [3.8, 4) is 0 Å². The Hall–Kier alpha value is -3.76. The molecule has 0 spiro atoms. The molecule has 0 saturated heterocycles. The summed E-state index contributed by atoms with van der Waals surface area (Å²) in [5, 5.41) is 3.71. The number of hydrogen-bond donors (Lipinski definition) is 1. The average molecular weight is 657 g/mol. The van der Waals surface area contributed by atoms with Gasteiger partial charge in [0.1, 0.15) is 11.9 Å². The van der Waals surface area contributed by atoms with Crippen molar-refractivity contribution in [2.45, 2.75) is 32.1 Å². The van der Waals surface area contributed by atoms with E-state index >= 15 is 0 Å². The normalized spacial score (nSPS) is 12.1. The van der Waals surface area contributed by atoms with Crippen LogP contribution < -0.4 is 5.32 Å². The molecule has 0 aliphatic heterocycles. The minimum Gasteiger partial charge on any atom is -0.350 e. The molecular weight excluding hydrogens is 624 g/mol. The van der Waals surface area contributed by atoms with Crippen LogP contribution in [0.25, 0.3) is 0 Å². The Morgan fingerprint density at radius 3 is 2.00 bits per heavy atom. The van der Waals surface area contributed by atoms with E-state index in [-0.39, 0.29) is 26.1 Å². The fraction of sp³-hybridized carbons (Fsp3) is 0.212. The van der Waals surface area contributed by atoms with Crippen molar-refractivity contribution in [3.63, 3.8) is 0 Å². The number of sulfonamides is 1. The Morgan fingerprint density at radius 2 is 1.41 bits per heavy atom. The minimum absolute atomic E-state index is 0.0274. The van der Waals surface area contributed by atoms with E-state index in [1.165, 1.54) is 29.2 Å². The van der Waals surface area contributed by atoms with Crippen LogP contribution in [0.3, 0.4) is 0 Å². The highest BCUT2D eigenvalue weighted by Gasteiger charge is 2.33. The lowest BCUT2D eigenvalue weighted by Gasteiger charge is -2.33. The second kappa shape index (κ2) is 15.3. The molecular formula is C33H32Cl2FN3O4S. The van der Waals surface area contributed by atoms with Crippen LogP contribution >= 0.6 is 23.2 Å². The maximum absolute atomic E-state index is 14.1. The van der Waals surface area contributed by atoms with Crippen molar-refractivity contribution in [1.82, 2.24) is 14.5 Å². The number of carbonyl (C=O) groups excluding carboxylic acids is 2. The number of hydrogen-bond acceptors (Lipinski definition) is 4. The summed E-state index contributed by atoms with van der Waals surface area (Å²) in [6.07, 6.45) is 1.18. The first-order chi connectivity index (χ1) is 21.0. The monoisotopic (exact) mass is 655 g/mol. The summed E-state index contributed by atoms with van der Waals surface area (Å²) >= 11 is 12.4. The number of rotatable bonds is 13. The van der Waals surface area contributed by atoms with Gasteiger partial charge in [0.25, 0.3) is 0 Å². The standard InChI is InChI=1S/C33H32Cl2FN3O4S/c1-44(42,43)38(21-25-10-6-3-7-11-25)23-32(40)39(22-26-12-16-29(36)17-13-26)31(18-24-8-4-2-5-9-24)33(41)37-20-27-14-15-28(34)19-30(27)35/h2-17,19,31H,18,20-23H2,1H3,(H,37,41). The summed E-state index contributed by atoms with van der Waals surface area (Å²) in [5.74, 6) is -1.50. The van der Waals surface area contributed by atoms with E-state index in [1.807, 2.05) is 36.4 Å². The van der Waals surface area contributed by atoms with Crippen molar-refractivity contribution in [2.24, 2.45) is 0 Å². The number of halogens is 3. The fourth-order valence-electron chi connectivity index (χ4n) is 4.62. The fourth-order valence-corrected chi connectivity index (χ4v) is 5.83. The first-order valence-electron chi connectivity index (χ1n) is 13.8. The van der Waals surface area contributed by atoms with Crippen molar-refractivity contribution >= 4 is 45.0 Å². The molecule has 0 radical (unpaired) electrons. The molecule has 0 aromatic heterocycles. The smallest absolute Gasteiger partial charge is 0.243 e. The largest absolute Gasteiger partial charge is 0.350 e. The van der Waals surface area contributed by atoms with Crippen LogP contribution in [-0.4, -0.2) is 48.3 Å². The third-order valence-electron chi connectivity index (χ3n) is 6.99. The number of nitrogens with one attached hydrogen (secondary N) is 1. The van der Waals surface area contributed by atoms with Gasteiger partial charge in [-0.25, -0.2) is 12.8 Å². The lowest BCUT2D eigenvalue weighted by Crippen LogP contribution is -2.53. The van der Waals surface area contributed by atoms with Crippen LogP contribution in [0.4, 0.5) is 4.39 Å².